The maximum atomic E-state index is 5.76. The number of hydrogen-bond acceptors (Lipinski definition) is 3. The van der Waals surface area contributed by atoms with Gasteiger partial charge in [0.1, 0.15) is 5.75 Å². The number of ether oxygens (including phenoxy) is 1. The van der Waals surface area contributed by atoms with Gasteiger partial charge < -0.3 is 10.1 Å². The highest BCUT2D eigenvalue weighted by Crippen LogP contribution is 2.22. The molecule has 92 valence electrons. The van der Waals surface area contributed by atoms with Crippen LogP contribution in [0, 0.1) is 0 Å². The van der Waals surface area contributed by atoms with E-state index in [2.05, 4.69) is 16.9 Å². The maximum Gasteiger partial charge on any atom is 0.126 e. The van der Waals surface area contributed by atoms with Gasteiger partial charge in [0.15, 0.2) is 0 Å². The monoisotopic (exact) mass is 232 g/mol. The fourth-order valence-electron chi connectivity index (χ4n) is 1.56. The predicted molar refractivity (Wildman–Crippen MR) is 69.0 cm³/mol. The molecule has 1 fully saturated rings. The number of hydrogen-bond donors (Lipinski definition) is 1. The maximum absolute atomic E-state index is 5.76. The third-order valence-corrected chi connectivity index (χ3v) is 2.80. The highest BCUT2D eigenvalue weighted by atomic mass is 16.5. The van der Waals surface area contributed by atoms with Crippen molar-refractivity contribution in [1.29, 1.82) is 0 Å². The van der Waals surface area contributed by atoms with E-state index in [4.69, 9.17) is 4.74 Å². The molecule has 0 spiro atoms. The molecule has 0 saturated heterocycles. The second-order valence-electron chi connectivity index (χ2n) is 4.69. The minimum atomic E-state index is 0.690. The van der Waals surface area contributed by atoms with E-state index < -0.39 is 0 Å². The molecule has 1 saturated carbocycles. The van der Waals surface area contributed by atoms with Gasteiger partial charge in [-0.05, 0) is 25.8 Å². The lowest BCUT2D eigenvalue weighted by molar-refractivity contribution is 0.317. The van der Waals surface area contributed by atoms with Gasteiger partial charge in [-0.25, -0.2) is 0 Å². The topological polar surface area (TPSA) is 34.1 Å². The van der Waals surface area contributed by atoms with Crippen LogP contribution in [-0.2, 0) is 6.54 Å². The van der Waals surface area contributed by atoms with E-state index in [0.717, 1.165) is 29.9 Å². The highest BCUT2D eigenvalue weighted by Gasteiger charge is 2.20. The molecule has 0 unspecified atom stereocenters. The lowest BCUT2D eigenvalue weighted by atomic mass is 10.2. The van der Waals surface area contributed by atoms with Crippen molar-refractivity contribution in [1.82, 2.24) is 10.3 Å². The summed E-state index contributed by atoms with van der Waals surface area (Å²) < 4.78 is 5.76. The summed E-state index contributed by atoms with van der Waals surface area (Å²) in [7, 11) is 0. The van der Waals surface area contributed by atoms with Gasteiger partial charge in [-0.2, -0.15) is 0 Å². The molecular weight excluding hydrogens is 212 g/mol. The molecule has 0 aromatic carbocycles. The van der Waals surface area contributed by atoms with Crippen molar-refractivity contribution in [2.45, 2.75) is 38.8 Å². The van der Waals surface area contributed by atoms with Crippen LogP contribution < -0.4 is 10.1 Å². The first-order valence-corrected chi connectivity index (χ1v) is 6.19. The van der Waals surface area contributed by atoms with Crippen molar-refractivity contribution < 1.29 is 4.74 Å². The molecule has 0 bridgehead atoms. The van der Waals surface area contributed by atoms with Crippen LogP contribution in [0.4, 0.5) is 0 Å². The van der Waals surface area contributed by atoms with Crippen molar-refractivity contribution in [2.24, 2.45) is 0 Å². The van der Waals surface area contributed by atoms with Crippen LogP contribution in [0.3, 0.4) is 0 Å². The van der Waals surface area contributed by atoms with E-state index in [1.54, 1.807) is 6.20 Å². The summed E-state index contributed by atoms with van der Waals surface area (Å²) in [6.45, 7) is 7.43. The van der Waals surface area contributed by atoms with E-state index in [-0.39, 0.29) is 0 Å². The van der Waals surface area contributed by atoms with Gasteiger partial charge in [-0.15, -0.1) is 6.58 Å². The minimum Gasteiger partial charge on any atom is -0.493 e. The van der Waals surface area contributed by atoms with E-state index >= 15 is 0 Å². The van der Waals surface area contributed by atoms with Gasteiger partial charge in [0.05, 0.1) is 6.61 Å². The Labute approximate surface area is 103 Å². The quantitative estimate of drug-likeness (QED) is 0.734. The molecule has 0 radical (unpaired) electrons. The standard InChI is InChI=1S/C14H20N2O/c1-11(2)6-8-17-14-5-7-15-9-12(14)10-16-13-3-4-13/h5,7,9,13,16H,1,3-4,6,8,10H2,2H3. The van der Waals surface area contributed by atoms with Gasteiger partial charge in [-0.1, -0.05) is 5.57 Å². The van der Waals surface area contributed by atoms with Gasteiger partial charge in [0.25, 0.3) is 0 Å². The summed E-state index contributed by atoms with van der Waals surface area (Å²) in [5, 5.41) is 3.47. The van der Waals surface area contributed by atoms with Crippen LogP contribution in [0.5, 0.6) is 5.75 Å². The number of aromatic nitrogens is 1. The van der Waals surface area contributed by atoms with Crippen LogP contribution >= 0.6 is 0 Å². The second kappa shape index (κ2) is 5.82. The van der Waals surface area contributed by atoms with Crippen molar-refractivity contribution in [3.05, 3.63) is 36.2 Å². The van der Waals surface area contributed by atoms with E-state index in [9.17, 15) is 0 Å². The number of nitrogens with zero attached hydrogens (tertiary/aromatic N) is 1. The first-order chi connectivity index (χ1) is 8.25. The fourth-order valence-corrected chi connectivity index (χ4v) is 1.56. The molecule has 0 amide bonds. The number of pyridine rings is 1. The van der Waals surface area contributed by atoms with Crippen molar-refractivity contribution in [3.8, 4) is 5.75 Å². The Balaban J connectivity index is 1.87. The summed E-state index contributed by atoms with van der Waals surface area (Å²) in [4.78, 5) is 4.15. The molecule has 1 aromatic heterocycles. The Morgan fingerprint density at radius 2 is 2.41 bits per heavy atom. The van der Waals surface area contributed by atoms with Gasteiger partial charge >= 0.3 is 0 Å². The molecule has 3 heteroatoms. The zero-order valence-electron chi connectivity index (χ0n) is 10.4. The third-order valence-electron chi connectivity index (χ3n) is 2.80. The van der Waals surface area contributed by atoms with E-state index in [0.29, 0.717) is 12.6 Å². The molecule has 1 heterocycles. The van der Waals surface area contributed by atoms with Gasteiger partial charge in [-0.3, -0.25) is 4.98 Å². The molecule has 3 nitrogen and oxygen atoms in total. The first kappa shape index (κ1) is 12.1. The number of rotatable bonds is 7. The van der Waals surface area contributed by atoms with Crippen molar-refractivity contribution >= 4 is 0 Å². The zero-order chi connectivity index (χ0) is 12.1. The third kappa shape index (κ3) is 4.19. The van der Waals surface area contributed by atoms with Gasteiger partial charge in [0.2, 0.25) is 0 Å². The van der Waals surface area contributed by atoms with Crippen LogP contribution in [-0.4, -0.2) is 17.6 Å². The molecule has 1 aromatic rings. The predicted octanol–water partition coefficient (Wildman–Crippen LogP) is 2.68. The minimum absolute atomic E-state index is 0.690. The lowest BCUT2D eigenvalue weighted by Gasteiger charge is -2.11. The van der Waals surface area contributed by atoms with Crippen LogP contribution in [0.15, 0.2) is 30.6 Å². The second-order valence-corrected chi connectivity index (χ2v) is 4.69. The number of nitrogens with one attached hydrogen (secondary N) is 1. The van der Waals surface area contributed by atoms with E-state index in [1.807, 2.05) is 19.2 Å². The van der Waals surface area contributed by atoms with Crippen LogP contribution in [0.1, 0.15) is 31.7 Å². The normalized spacial score (nSPS) is 14.6. The molecule has 2 rings (SSSR count). The molecule has 1 aliphatic carbocycles. The Kier molecular flexibility index (Phi) is 4.15. The summed E-state index contributed by atoms with van der Waals surface area (Å²) >= 11 is 0. The van der Waals surface area contributed by atoms with Crippen LogP contribution in [0.2, 0.25) is 0 Å². The molecule has 1 aliphatic rings. The van der Waals surface area contributed by atoms with Gasteiger partial charge in [0, 0.05) is 37.0 Å². The van der Waals surface area contributed by atoms with Crippen molar-refractivity contribution in [2.75, 3.05) is 6.61 Å². The molecule has 17 heavy (non-hydrogen) atoms. The SMILES string of the molecule is C=C(C)CCOc1ccncc1CNC1CC1. The average molecular weight is 232 g/mol. The smallest absolute Gasteiger partial charge is 0.126 e. The first-order valence-electron chi connectivity index (χ1n) is 6.19. The fraction of sp³-hybridized carbons (Fsp3) is 0.500. The Bertz CT molecular complexity index is 386. The molecular formula is C14H20N2O. The Hall–Kier alpha value is -1.35. The largest absolute Gasteiger partial charge is 0.493 e. The summed E-state index contributed by atoms with van der Waals surface area (Å²) in [6, 6.07) is 2.64. The molecule has 0 aliphatic heterocycles. The zero-order valence-corrected chi connectivity index (χ0v) is 10.4. The summed E-state index contributed by atoms with van der Waals surface area (Å²) in [6.07, 6.45) is 7.15. The summed E-state index contributed by atoms with van der Waals surface area (Å²) in [5.74, 6) is 0.939. The van der Waals surface area contributed by atoms with Crippen LogP contribution in [0.25, 0.3) is 0 Å². The average Bonchev–Trinajstić information content (AvgIpc) is 3.11. The molecule has 1 N–H and O–H groups in total. The van der Waals surface area contributed by atoms with E-state index in [1.165, 1.54) is 12.8 Å². The highest BCUT2D eigenvalue weighted by molar-refractivity contribution is 5.30. The molecule has 0 atom stereocenters. The Morgan fingerprint density at radius 3 is 3.12 bits per heavy atom. The summed E-state index contributed by atoms with van der Waals surface area (Å²) in [5.41, 5.74) is 2.29. The lowest BCUT2D eigenvalue weighted by Crippen LogP contribution is -2.16. The Morgan fingerprint density at radius 1 is 1.59 bits per heavy atom. The van der Waals surface area contributed by atoms with Crippen molar-refractivity contribution in [3.63, 3.8) is 0 Å².